The molecule has 1 saturated carbocycles. The van der Waals surface area contributed by atoms with Gasteiger partial charge in [-0.2, -0.15) is 5.26 Å². The minimum atomic E-state index is -0.638. The lowest BCUT2D eigenvalue weighted by Gasteiger charge is -2.32. The van der Waals surface area contributed by atoms with Crippen molar-refractivity contribution in [1.82, 2.24) is 0 Å². The van der Waals surface area contributed by atoms with E-state index in [2.05, 4.69) is 6.07 Å². The standard InChI is InChI=1S/C16H17NO2/c1-10-6-11(9-17)4-5-12(10)15-13(18)7-16(2,3)8-14(15)19/h4-6,15H,7-8H2,1-3H3. The fourth-order valence-electron chi connectivity index (χ4n) is 2.81. The maximum atomic E-state index is 12.2. The predicted molar refractivity (Wildman–Crippen MR) is 71.7 cm³/mol. The number of aryl methyl sites for hydroxylation is 1. The minimum absolute atomic E-state index is 0.00550. The Morgan fingerprint density at radius 1 is 1.21 bits per heavy atom. The number of hydrogen-bond acceptors (Lipinski definition) is 3. The number of Topliss-reactive ketones (excluding diaryl/α,β-unsaturated/α-hetero) is 2. The molecule has 0 atom stereocenters. The smallest absolute Gasteiger partial charge is 0.148 e. The van der Waals surface area contributed by atoms with E-state index in [0.29, 0.717) is 18.4 Å². The lowest BCUT2D eigenvalue weighted by atomic mass is 9.69. The highest BCUT2D eigenvalue weighted by Crippen LogP contribution is 2.38. The molecule has 0 heterocycles. The van der Waals surface area contributed by atoms with Crippen LogP contribution in [-0.4, -0.2) is 11.6 Å². The van der Waals surface area contributed by atoms with Gasteiger partial charge in [0.1, 0.15) is 17.5 Å². The molecule has 1 aromatic carbocycles. The van der Waals surface area contributed by atoms with E-state index in [1.807, 2.05) is 20.8 Å². The van der Waals surface area contributed by atoms with Crippen LogP contribution in [0.25, 0.3) is 0 Å². The van der Waals surface area contributed by atoms with Crippen molar-refractivity contribution in [3.05, 3.63) is 34.9 Å². The van der Waals surface area contributed by atoms with Gasteiger partial charge in [0.2, 0.25) is 0 Å². The molecule has 0 unspecified atom stereocenters. The van der Waals surface area contributed by atoms with Gasteiger partial charge in [-0.3, -0.25) is 9.59 Å². The largest absolute Gasteiger partial charge is 0.299 e. The molecule has 3 heteroatoms. The Morgan fingerprint density at radius 3 is 2.26 bits per heavy atom. The van der Waals surface area contributed by atoms with Crippen LogP contribution in [0.2, 0.25) is 0 Å². The van der Waals surface area contributed by atoms with E-state index < -0.39 is 5.92 Å². The van der Waals surface area contributed by atoms with Crippen molar-refractivity contribution in [1.29, 1.82) is 5.26 Å². The average molecular weight is 255 g/mol. The summed E-state index contributed by atoms with van der Waals surface area (Å²) < 4.78 is 0. The molecule has 0 radical (unpaired) electrons. The Balaban J connectivity index is 2.40. The molecule has 0 bridgehead atoms. The third-order valence-corrected chi connectivity index (χ3v) is 3.66. The van der Waals surface area contributed by atoms with Crippen molar-refractivity contribution in [2.24, 2.45) is 5.41 Å². The van der Waals surface area contributed by atoms with Crippen molar-refractivity contribution in [2.45, 2.75) is 39.5 Å². The molecular weight excluding hydrogens is 238 g/mol. The highest BCUT2D eigenvalue weighted by molar-refractivity contribution is 6.10. The summed E-state index contributed by atoms with van der Waals surface area (Å²) in [6.45, 7) is 5.74. The Hall–Kier alpha value is -1.95. The van der Waals surface area contributed by atoms with Crippen molar-refractivity contribution < 1.29 is 9.59 Å². The van der Waals surface area contributed by atoms with Crippen molar-refractivity contribution in [3.8, 4) is 6.07 Å². The first kappa shape index (κ1) is 13.5. The normalized spacial score (nSPS) is 19.3. The summed E-state index contributed by atoms with van der Waals surface area (Å²) in [6.07, 6.45) is 0.867. The number of carbonyl (C=O) groups is 2. The zero-order chi connectivity index (χ0) is 14.2. The monoisotopic (exact) mass is 255 g/mol. The van der Waals surface area contributed by atoms with Crippen LogP contribution in [0.5, 0.6) is 0 Å². The summed E-state index contributed by atoms with van der Waals surface area (Å²) in [5.41, 5.74) is 1.91. The molecule has 1 aromatic rings. The first-order valence-corrected chi connectivity index (χ1v) is 6.40. The van der Waals surface area contributed by atoms with Gasteiger partial charge in [0.05, 0.1) is 11.6 Å². The lowest BCUT2D eigenvalue weighted by molar-refractivity contribution is -0.135. The molecule has 0 N–H and O–H groups in total. The van der Waals surface area contributed by atoms with Crippen LogP contribution in [0.1, 0.15) is 49.3 Å². The second-order valence-corrected chi connectivity index (χ2v) is 6.07. The number of nitriles is 1. The molecule has 3 nitrogen and oxygen atoms in total. The highest BCUT2D eigenvalue weighted by atomic mass is 16.2. The van der Waals surface area contributed by atoms with E-state index >= 15 is 0 Å². The van der Waals surface area contributed by atoms with Crippen molar-refractivity contribution in [3.63, 3.8) is 0 Å². The maximum absolute atomic E-state index is 12.2. The highest BCUT2D eigenvalue weighted by Gasteiger charge is 2.40. The molecule has 0 aromatic heterocycles. The third kappa shape index (κ3) is 2.58. The number of rotatable bonds is 1. The Bertz CT molecular complexity index is 573. The summed E-state index contributed by atoms with van der Waals surface area (Å²) in [6, 6.07) is 7.21. The van der Waals surface area contributed by atoms with Crippen LogP contribution < -0.4 is 0 Å². The van der Waals surface area contributed by atoms with Crippen LogP contribution in [-0.2, 0) is 9.59 Å². The zero-order valence-electron chi connectivity index (χ0n) is 11.5. The molecule has 2 rings (SSSR count). The topological polar surface area (TPSA) is 57.9 Å². The van der Waals surface area contributed by atoms with Gasteiger partial charge in [-0.1, -0.05) is 19.9 Å². The van der Waals surface area contributed by atoms with Gasteiger partial charge in [-0.25, -0.2) is 0 Å². The number of benzene rings is 1. The summed E-state index contributed by atoms with van der Waals surface area (Å²) >= 11 is 0. The van der Waals surface area contributed by atoms with Crippen molar-refractivity contribution >= 4 is 11.6 Å². The van der Waals surface area contributed by atoms with Gasteiger partial charge < -0.3 is 0 Å². The molecule has 1 fully saturated rings. The van der Waals surface area contributed by atoms with Gasteiger partial charge >= 0.3 is 0 Å². The van der Waals surface area contributed by atoms with Gasteiger partial charge in [0.15, 0.2) is 0 Å². The molecule has 0 amide bonds. The van der Waals surface area contributed by atoms with Crippen LogP contribution in [0.4, 0.5) is 0 Å². The van der Waals surface area contributed by atoms with E-state index in [0.717, 1.165) is 11.1 Å². The van der Waals surface area contributed by atoms with Crippen molar-refractivity contribution in [2.75, 3.05) is 0 Å². The van der Waals surface area contributed by atoms with Gasteiger partial charge in [-0.15, -0.1) is 0 Å². The Labute approximate surface area is 113 Å². The third-order valence-electron chi connectivity index (χ3n) is 3.66. The molecule has 0 aliphatic heterocycles. The molecular formula is C16H17NO2. The predicted octanol–water partition coefficient (Wildman–Crippen LogP) is 2.91. The average Bonchev–Trinajstić information content (AvgIpc) is 2.28. The summed E-state index contributed by atoms with van der Waals surface area (Å²) in [7, 11) is 0. The molecule has 1 aliphatic rings. The molecule has 0 spiro atoms. The molecule has 1 aliphatic carbocycles. The first-order valence-electron chi connectivity index (χ1n) is 6.40. The van der Waals surface area contributed by atoms with E-state index in [1.165, 1.54) is 0 Å². The van der Waals surface area contributed by atoms with E-state index in [1.54, 1.807) is 18.2 Å². The summed E-state index contributed by atoms with van der Waals surface area (Å²) in [5, 5.41) is 8.85. The molecule has 0 saturated heterocycles. The van der Waals surface area contributed by atoms with Gasteiger partial charge in [0, 0.05) is 12.8 Å². The fraction of sp³-hybridized carbons (Fsp3) is 0.438. The van der Waals surface area contributed by atoms with Gasteiger partial charge in [-0.05, 0) is 35.6 Å². The maximum Gasteiger partial charge on any atom is 0.148 e. The van der Waals surface area contributed by atoms with Gasteiger partial charge in [0.25, 0.3) is 0 Å². The zero-order valence-corrected chi connectivity index (χ0v) is 11.5. The van der Waals surface area contributed by atoms with Crippen LogP contribution in [0.3, 0.4) is 0 Å². The number of nitrogens with zero attached hydrogens (tertiary/aromatic N) is 1. The quantitative estimate of drug-likeness (QED) is 0.725. The van der Waals surface area contributed by atoms with E-state index in [4.69, 9.17) is 5.26 Å². The number of ketones is 2. The summed E-state index contributed by atoms with van der Waals surface area (Å²) in [5.74, 6) is -0.649. The second kappa shape index (κ2) is 4.62. The summed E-state index contributed by atoms with van der Waals surface area (Å²) in [4.78, 5) is 24.5. The molecule has 98 valence electrons. The lowest BCUT2D eigenvalue weighted by Crippen LogP contribution is -2.36. The van der Waals surface area contributed by atoms with Crippen LogP contribution in [0.15, 0.2) is 18.2 Å². The molecule has 19 heavy (non-hydrogen) atoms. The van der Waals surface area contributed by atoms with E-state index in [-0.39, 0.29) is 17.0 Å². The Kier molecular flexibility index (Phi) is 3.28. The SMILES string of the molecule is Cc1cc(C#N)ccc1C1C(=O)CC(C)(C)CC1=O. The number of hydrogen-bond donors (Lipinski definition) is 0. The Morgan fingerprint density at radius 2 is 1.79 bits per heavy atom. The van der Waals surface area contributed by atoms with E-state index in [9.17, 15) is 9.59 Å². The second-order valence-electron chi connectivity index (χ2n) is 6.07. The van der Waals surface area contributed by atoms with Crippen LogP contribution in [0, 0.1) is 23.7 Å². The van der Waals surface area contributed by atoms with Crippen LogP contribution >= 0.6 is 0 Å². The number of carbonyl (C=O) groups excluding carboxylic acids is 2. The minimum Gasteiger partial charge on any atom is -0.299 e. The fourth-order valence-corrected chi connectivity index (χ4v) is 2.81. The first-order chi connectivity index (χ1) is 8.84.